The molecule has 0 heterocycles. The SMILES string of the molecule is O=C(COc1cccc(I)c1)NC(=O)NC1CCCC1. The van der Waals surface area contributed by atoms with Gasteiger partial charge in [-0.05, 0) is 53.6 Å². The van der Waals surface area contributed by atoms with Crippen LogP contribution in [0.1, 0.15) is 25.7 Å². The first-order chi connectivity index (χ1) is 9.63. The molecule has 2 N–H and O–H groups in total. The molecule has 1 aromatic rings. The lowest BCUT2D eigenvalue weighted by Crippen LogP contribution is -2.45. The van der Waals surface area contributed by atoms with Gasteiger partial charge in [0.05, 0.1) is 0 Å². The fraction of sp³-hybridized carbons (Fsp3) is 0.429. The predicted molar refractivity (Wildman–Crippen MR) is 83.6 cm³/mol. The molecule has 0 unspecified atom stereocenters. The quantitative estimate of drug-likeness (QED) is 0.779. The topological polar surface area (TPSA) is 67.4 Å². The number of nitrogens with one attached hydrogen (secondary N) is 2. The van der Waals surface area contributed by atoms with Crippen molar-refractivity contribution < 1.29 is 14.3 Å². The average Bonchev–Trinajstić information content (AvgIpc) is 2.89. The zero-order chi connectivity index (χ0) is 14.4. The van der Waals surface area contributed by atoms with E-state index in [0.717, 1.165) is 29.3 Å². The highest BCUT2D eigenvalue weighted by Crippen LogP contribution is 2.17. The Labute approximate surface area is 131 Å². The average molecular weight is 388 g/mol. The molecule has 108 valence electrons. The molecule has 0 aromatic heterocycles. The molecule has 1 saturated carbocycles. The van der Waals surface area contributed by atoms with Gasteiger partial charge in [0.25, 0.3) is 5.91 Å². The number of hydrogen-bond donors (Lipinski definition) is 2. The molecule has 20 heavy (non-hydrogen) atoms. The number of carbonyl (C=O) groups is 2. The molecule has 1 fully saturated rings. The molecule has 0 atom stereocenters. The lowest BCUT2D eigenvalue weighted by molar-refractivity contribution is -0.122. The lowest BCUT2D eigenvalue weighted by atomic mass is 10.2. The van der Waals surface area contributed by atoms with E-state index in [9.17, 15) is 9.59 Å². The molecule has 0 radical (unpaired) electrons. The van der Waals surface area contributed by atoms with Crippen molar-refractivity contribution in [2.24, 2.45) is 0 Å². The molecule has 5 nitrogen and oxygen atoms in total. The van der Waals surface area contributed by atoms with Crippen LogP contribution < -0.4 is 15.4 Å². The van der Waals surface area contributed by atoms with E-state index < -0.39 is 11.9 Å². The number of rotatable bonds is 4. The van der Waals surface area contributed by atoms with Gasteiger partial charge in [-0.3, -0.25) is 10.1 Å². The summed E-state index contributed by atoms with van der Waals surface area (Å²) >= 11 is 2.17. The van der Waals surface area contributed by atoms with Gasteiger partial charge in [0, 0.05) is 9.61 Å². The molecule has 6 heteroatoms. The van der Waals surface area contributed by atoms with Crippen molar-refractivity contribution in [1.29, 1.82) is 0 Å². The molecule has 0 aliphatic heterocycles. The highest BCUT2D eigenvalue weighted by atomic mass is 127. The minimum atomic E-state index is -0.445. The van der Waals surface area contributed by atoms with Gasteiger partial charge in [-0.2, -0.15) is 0 Å². The second-order valence-corrected chi connectivity index (χ2v) is 5.99. The summed E-state index contributed by atoms with van der Waals surface area (Å²) in [5.74, 6) is 0.169. The number of amides is 3. The van der Waals surface area contributed by atoms with Crippen LogP contribution in [0.4, 0.5) is 4.79 Å². The summed E-state index contributed by atoms with van der Waals surface area (Å²) in [5.41, 5.74) is 0. The summed E-state index contributed by atoms with van der Waals surface area (Å²) < 4.78 is 6.35. The largest absolute Gasteiger partial charge is 0.484 e. The number of hydrogen-bond acceptors (Lipinski definition) is 3. The molecule has 3 amide bonds. The van der Waals surface area contributed by atoms with E-state index in [4.69, 9.17) is 4.74 Å². The zero-order valence-electron chi connectivity index (χ0n) is 11.0. The second-order valence-electron chi connectivity index (χ2n) is 4.75. The van der Waals surface area contributed by atoms with Crippen molar-refractivity contribution in [2.45, 2.75) is 31.7 Å². The molecule has 0 spiro atoms. The van der Waals surface area contributed by atoms with Gasteiger partial charge in [0.2, 0.25) is 0 Å². The fourth-order valence-electron chi connectivity index (χ4n) is 2.16. The van der Waals surface area contributed by atoms with E-state index in [-0.39, 0.29) is 12.6 Å². The summed E-state index contributed by atoms with van der Waals surface area (Å²) in [5, 5.41) is 5.07. The van der Waals surface area contributed by atoms with Crippen LogP contribution >= 0.6 is 22.6 Å². The summed E-state index contributed by atoms with van der Waals surface area (Å²) in [6.07, 6.45) is 4.24. The lowest BCUT2D eigenvalue weighted by Gasteiger charge is -2.12. The van der Waals surface area contributed by atoms with Gasteiger partial charge in [-0.1, -0.05) is 18.9 Å². The van der Waals surface area contributed by atoms with Crippen molar-refractivity contribution in [2.75, 3.05) is 6.61 Å². The fourth-order valence-corrected chi connectivity index (χ4v) is 2.67. The van der Waals surface area contributed by atoms with Gasteiger partial charge in [0.1, 0.15) is 5.75 Å². The molecule has 0 bridgehead atoms. The normalized spacial score (nSPS) is 14.8. The van der Waals surface area contributed by atoms with Crippen LogP contribution in [0.3, 0.4) is 0 Å². The second kappa shape index (κ2) is 7.47. The molecular weight excluding hydrogens is 371 g/mol. The van der Waals surface area contributed by atoms with Gasteiger partial charge >= 0.3 is 6.03 Å². The number of urea groups is 1. The molecule has 2 rings (SSSR count). The van der Waals surface area contributed by atoms with E-state index in [0.29, 0.717) is 5.75 Å². The van der Waals surface area contributed by atoms with Crippen LogP contribution in [0.25, 0.3) is 0 Å². The number of halogens is 1. The van der Waals surface area contributed by atoms with Crippen LogP contribution in [-0.2, 0) is 4.79 Å². The van der Waals surface area contributed by atoms with Crippen molar-refractivity contribution in [3.8, 4) is 5.75 Å². The maximum atomic E-state index is 11.6. The van der Waals surface area contributed by atoms with Gasteiger partial charge < -0.3 is 10.1 Å². The summed E-state index contributed by atoms with van der Waals surface area (Å²) in [7, 11) is 0. The van der Waals surface area contributed by atoms with Gasteiger partial charge in [-0.25, -0.2) is 4.79 Å². The Bertz CT molecular complexity index is 487. The third-order valence-corrected chi connectivity index (χ3v) is 3.78. The third kappa shape index (κ3) is 4.99. The van der Waals surface area contributed by atoms with Crippen molar-refractivity contribution >= 4 is 34.5 Å². The number of imide groups is 1. The molecule has 0 saturated heterocycles. The monoisotopic (exact) mass is 388 g/mol. The van der Waals surface area contributed by atoms with E-state index in [1.165, 1.54) is 0 Å². The molecule has 1 aliphatic carbocycles. The summed E-state index contributed by atoms with van der Waals surface area (Å²) in [4.78, 5) is 23.2. The van der Waals surface area contributed by atoms with Crippen LogP contribution in [0.2, 0.25) is 0 Å². The first kappa shape index (κ1) is 15.1. The van der Waals surface area contributed by atoms with Gasteiger partial charge in [-0.15, -0.1) is 0 Å². The van der Waals surface area contributed by atoms with Crippen LogP contribution in [0.5, 0.6) is 5.75 Å². The van der Waals surface area contributed by atoms with Crippen LogP contribution in [-0.4, -0.2) is 24.6 Å². The Hall–Kier alpha value is -1.31. The first-order valence-corrected chi connectivity index (χ1v) is 7.70. The van der Waals surface area contributed by atoms with Crippen molar-refractivity contribution in [1.82, 2.24) is 10.6 Å². The van der Waals surface area contributed by atoms with Crippen LogP contribution in [0.15, 0.2) is 24.3 Å². The number of benzene rings is 1. The third-order valence-electron chi connectivity index (χ3n) is 3.11. The maximum Gasteiger partial charge on any atom is 0.321 e. The maximum absolute atomic E-state index is 11.6. The van der Waals surface area contributed by atoms with Crippen molar-refractivity contribution in [3.05, 3.63) is 27.8 Å². The minimum absolute atomic E-state index is 0.168. The molecule has 1 aliphatic rings. The van der Waals surface area contributed by atoms with E-state index in [1.54, 1.807) is 6.07 Å². The number of carbonyl (C=O) groups excluding carboxylic acids is 2. The highest BCUT2D eigenvalue weighted by molar-refractivity contribution is 14.1. The highest BCUT2D eigenvalue weighted by Gasteiger charge is 2.18. The van der Waals surface area contributed by atoms with Crippen molar-refractivity contribution in [3.63, 3.8) is 0 Å². The van der Waals surface area contributed by atoms with Gasteiger partial charge in [0.15, 0.2) is 6.61 Å². The summed E-state index contributed by atoms with van der Waals surface area (Å²) in [6, 6.07) is 7.14. The number of ether oxygens (including phenoxy) is 1. The Balaban J connectivity index is 1.70. The Morgan fingerprint density at radius 2 is 2.05 bits per heavy atom. The molecular formula is C14H17IN2O3. The van der Waals surface area contributed by atoms with E-state index in [2.05, 4.69) is 33.2 Å². The van der Waals surface area contributed by atoms with E-state index in [1.807, 2.05) is 18.2 Å². The Kier molecular flexibility index (Phi) is 5.63. The first-order valence-electron chi connectivity index (χ1n) is 6.62. The minimum Gasteiger partial charge on any atom is -0.484 e. The summed E-state index contributed by atoms with van der Waals surface area (Å²) in [6.45, 7) is -0.168. The zero-order valence-corrected chi connectivity index (χ0v) is 13.2. The Morgan fingerprint density at radius 1 is 1.30 bits per heavy atom. The van der Waals surface area contributed by atoms with E-state index >= 15 is 0 Å². The Morgan fingerprint density at radius 3 is 2.75 bits per heavy atom. The van der Waals surface area contributed by atoms with Crippen LogP contribution in [0, 0.1) is 3.57 Å². The predicted octanol–water partition coefficient (Wildman–Crippen LogP) is 2.44. The standard InChI is InChI=1S/C14H17IN2O3/c15-10-4-3-7-12(8-10)20-9-13(18)17-14(19)16-11-5-1-2-6-11/h3-4,7-8,11H,1-2,5-6,9H2,(H2,16,17,18,19). The smallest absolute Gasteiger partial charge is 0.321 e. The molecule has 1 aromatic carbocycles.